The van der Waals surface area contributed by atoms with Crippen LogP contribution in [-0.4, -0.2) is 30.0 Å². The van der Waals surface area contributed by atoms with Crippen LogP contribution in [0.3, 0.4) is 0 Å². The third-order valence-corrected chi connectivity index (χ3v) is 4.54. The molecule has 0 radical (unpaired) electrons. The van der Waals surface area contributed by atoms with E-state index in [0.717, 1.165) is 22.4 Å². The van der Waals surface area contributed by atoms with Gasteiger partial charge in [-0.05, 0) is 54.4 Å². The number of hydrogen-bond acceptors (Lipinski definition) is 4. The first-order chi connectivity index (χ1) is 12.5. The molecule has 0 amide bonds. The third kappa shape index (κ3) is 3.73. The van der Waals surface area contributed by atoms with Crippen molar-refractivity contribution in [2.45, 2.75) is 13.5 Å². The van der Waals surface area contributed by atoms with E-state index in [1.807, 2.05) is 49.4 Å². The van der Waals surface area contributed by atoms with Crippen molar-refractivity contribution in [2.75, 3.05) is 14.2 Å². The highest BCUT2D eigenvalue weighted by Crippen LogP contribution is 2.24. The van der Waals surface area contributed by atoms with E-state index in [2.05, 4.69) is 5.10 Å². The fraction of sp³-hybridized carbons (Fsp3) is 0.200. The lowest BCUT2D eigenvalue weighted by atomic mass is 10.1. The van der Waals surface area contributed by atoms with Gasteiger partial charge in [-0.2, -0.15) is 5.10 Å². The van der Waals surface area contributed by atoms with Crippen LogP contribution in [0.15, 0.2) is 48.5 Å². The second-order valence-electron chi connectivity index (χ2n) is 5.88. The molecule has 6 heteroatoms. The highest BCUT2D eigenvalue weighted by molar-refractivity contribution is 6.31. The number of halogens is 1. The zero-order valence-electron chi connectivity index (χ0n) is 14.8. The molecule has 0 fully saturated rings. The van der Waals surface area contributed by atoms with Crippen LogP contribution in [0.5, 0.6) is 5.75 Å². The maximum Gasteiger partial charge on any atom is 0.356 e. The van der Waals surface area contributed by atoms with Crippen molar-refractivity contribution in [1.82, 2.24) is 9.78 Å². The molecule has 2 aromatic carbocycles. The molecule has 0 aliphatic rings. The highest BCUT2D eigenvalue weighted by Gasteiger charge is 2.17. The molecule has 0 aliphatic carbocycles. The molecule has 0 saturated heterocycles. The summed E-state index contributed by atoms with van der Waals surface area (Å²) >= 11 is 6.21. The Bertz CT molecular complexity index is 933. The van der Waals surface area contributed by atoms with Crippen LogP contribution >= 0.6 is 11.6 Å². The van der Waals surface area contributed by atoms with Crippen molar-refractivity contribution in [3.8, 4) is 17.0 Å². The fourth-order valence-electron chi connectivity index (χ4n) is 2.62. The van der Waals surface area contributed by atoms with E-state index in [-0.39, 0.29) is 0 Å². The quantitative estimate of drug-likeness (QED) is 0.626. The van der Waals surface area contributed by atoms with Crippen molar-refractivity contribution in [2.24, 2.45) is 0 Å². The van der Waals surface area contributed by atoms with Gasteiger partial charge >= 0.3 is 5.97 Å². The first-order valence-corrected chi connectivity index (χ1v) is 8.45. The van der Waals surface area contributed by atoms with E-state index in [4.69, 9.17) is 21.1 Å². The number of benzene rings is 2. The molecule has 134 valence electrons. The summed E-state index contributed by atoms with van der Waals surface area (Å²) in [5.74, 6) is 0.325. The Kier molecular flexibility index (Phi) is 5.28. The van der Waals surface area contributed by atoms with Crippen molar-refractivity contribution < 1.29 is 14.3 Å². The molecule has 0 spiro atoms. The number of ether oxygens (including phenoxy) is 2. The Morgan fingerprint density at radius 2 is 1.85 bits per heavy atom. The number of hydrogen-bond donors (Lipinski definition) is 0. The van der Waals surface area contributed by atoms with Crippen LogP contribution in [0.2, 0.25) is 5.02 Å². The third-order valence-electron chi connectivity index (χ3n) is 4.13. The van der Waals surface area contributed by atoms with E-state index in [9.17, 15) is 4.79 Å². The first kappa shape index (κ1) is 18.0. The van der Waals surface area contributed by atoms with Crippen LogP contribution in [0.1, 0.15) is 21.6 Å². The Morgan fingerprint density at radius 1 is 1.12 bits per heavy atom. The van der Waals surface area contributed by atoms with Crippen molar-refractivity contribution in [3.63, 3.8) is 0 Å². The van der Waals surface area contributed by atoms with Crippen molar-refractivity contribution in [1.29, 1.82) is 0 Å². The lowest BCUT2D eigenvalue weighted by Crippen LogP contribution is -2.12. The maximum atomic E-state index is 12.2. The molecule has 0 bridgehead atoms. The molecule has 3 rings (SSSR count). The second-order valence-corrected chi connectivity index (χ2v) is 6.28. The van der Waals surface area contributed by atoms with Gasteiger partial charge < -0.3 is 9.47 Å². The summed E-state index contributed by atoms with van der Waals surface area (Å²) in [5, 5.41) is 5.27. The summed E-state index contributed by atoms with van der Waals surface area (Å²) in [6, 6.07) is 15.0. The number of nitrogens with zero attached hydrogens (tertiary/aromatic N) is 2. The minimum Gasteiger partial charge on any atom is -0.497 e. The predicted molar refractivity (Wildman–Crippen MR) is 101 cm³/mol. The number of methoxy groups -OCH3 is 2. The van der Waals surface area contributed by atoms with Gasteiger partial charge in [0.25, 0.3) is 0 Å². The van der Waals surface area contributed by atoms with Crippen molar-refractivity contribution >= 4 is 17.6 Å². The van der Waals surface area contributed by atoms with E-state index in [0.29, 0.717) is 23.0 Å². The van der Waals surface area contributed by atoms with Crippen molar-refractivity contribution in [3.05, 3.63) is 70.4 Å². The standard InChI is InChI=1S/C20H19ClN2O3/c1-13-4-5-14(10-17(13)21)12-23-19(20(24)26-3)11-18(22-23)15-6-8-16(25-2)9-7-15/h4-11H,12H2,1-3H3. The number of aryl methyl sites for hydroxylation is 1. The maximum absolute atomic E-state index is 12.2. The van der Waals surface area contributed by atoms with Crippen LogP contribution < -0.4 is 4.74 Å². The summed E-state index contributed by atoms with van der Waals surface area (Å²) in [6.45, 7) is 2.36. The average Bonchev–Trinajstić information content (AvgIpc) is 3.08. The van der Waals surface area contributed by atoms with E-state index < -0.39 is 5.97 Å². The first-order valence-electron chi connectivity index (χ1n) is 8.07. The van der Waals surface area contributed by atoms with Gasteiger partial charge in [0.1, 0.15) is 11.4 Å². The molecule has 0 N–H and O–H groups in total. The predicted octanol–water partition coefficient (Wildman–Crippen LogP) is 4.36. The molecule has 1 aromatic heterocycles. The summed E-state index contributed by atoms with van der Waals surface area (Å²) < 4.78 is 11.7. The van der Waals surface area contributed by atoms with Gasteiger partial charge in [0.05, 0.1) is 26.5 Å². The monoisotopic (exact) mass is 370 g/mol. The topological polar surface area (TPSA) is 53.4 Å². The van der Waals surface area contributed by atoms with E-state index >= 15 is 0 Å². The Morgan fingerprint density at radius 3 is 2.46 bits per heavy atom. The molecule has 26 heavy (non-hydrogen) atoms. The average molecular weight is 371 g/mol. The molecule has 0 saturated carbocycles. The zero-order chi connectivity index (χ0) is 18.7. The Labute approximate surface area is 157 Å². The number of aromatic nitrogens is 2. The van der Waals surface area contributed by atoms with Gasteiger partial charge in [0.15, 0.2) is 0 Å². The molecule has 0 unspecified atom stereocenters. The second kappa shape index (κ2) is 7.62. The largest absolute Gasteiger partial charge is 0.497 e. The lowest BCUT2D eigenvalue weighted by molar-refractivity contribution is 0.0587. The summed E-state index contributed by atoms with van der Waals surface area (Å²) in [5.41, 5.74) is 3.91. The van der Waals surface area contributed by atoms with Crippen LogP contribution in [-0.2, 0) is 11.3 Å². The summed E-state index contributed by atoms with van der Waals surface area (Å²) in [7, 11) is 2.97. The number of rotatable bonds is 5. The highest BCUT2D eigenvalue weighted by atomic mass is 35.5. The van der Waals surface area contributed by atoms with Crippen LogP contribution in [0, 0.1) is 6.92 Å². The smallest absolute Gasteiger partial charge is 0.356 e. The van der Waals surface area contributed by atoms with Gasteiger partial charge in [-0.15, -0.1) is 0 Å². The Balaban J connectivity index is 1.98. The molecular formula is C20H19ClN2O3. The minimum atomic E-state index is -0.435. The van der Waals surface area contributed by atoms with Gasteiger partial charge in [0, 0.05) is 10.6 Å². The molecule has 3 aromatic rings. The molecule has 0 aliphatic heterocycles. The van der Waals surface area contributed by atoms with Gasteiger partial charge in [-0.3, -0.25) is 4.68 Å². The molecule has 5 nitrogen and oxygen atoms in total. The summed E-state index contributed by atoms with van der Waals surface area (Å²) in [4.78, 5) is 12.2. The van der Waals surface area contributed by atoms with E-state index in [1.165, 1.54) is 7.11 Å². The zero-order valence-corrected chi connectivity index (χ0v) is 15.6. The van der Waals surface area contributed by atoms with Gasteiger partial charge in [0.2, 0.25) is 0 Å². The minimum absolute atomic E-state index is 0.384. The lowest BCUT2D eigenvalue weighted by Gasteiger charge is -2.07. The van der Waals surface area contributed by atoms with Crippen LogP contribution in [0.4, 0.5) is 0 Å². The van der Waals surface area contributed by atoms with E-state index in [1.54, 1.807) is 17.9 Å². The Hall–Kier alpha value is -2.79. The van der Waals surface area contributed by atoms with Gasteiger partial charge in [-0.1, -0.05) is 23.7 Å². The molecule has 1 heterocycles. The normalized spacial score (nSPS) is 10.6. The number of carbonyl (C=O) groups is 1. The van der Waals surface area contributed by atoms with Gasteiger partial charge in [-0.25, -0.2) is 4.79 Å². The SMILES string of the molecule is COC(=O)c1cc(-c2ccc(OC)cc2)nn1Cc1ccc(C)c(Cl)c1. The summed E-state index contributed by atoms with van der Waals surface area (Å²) in [6.07, 6.45) is 0. The number of esters is 1. The van der Waals surface area contributed by atoms with Crippen LogP contribution in [0.25, 0.3) is 11.3 Å². The number of carbonyl (C=O) groups excluding carboxylic acids is 1. The molecular weight excluding hydrogens is 352 g/mol. The molecule has 0 atom stereocenters. The fourth-order valence-corrected chi connectivity index (χ4v) is 2.82.